The van der Waals surface area contributed by atoms with Crippen LogP contribution in [0.1, 0.15) is 47.2 Å². The van der Waals surface area contributed by atoms with Crippen molar-refractivity contribution in [2.24, 2.45) is 5.92 Å². The Kier molecular flexibility index (Phi) is 8.04. The number of piperidine rings is 1. The summed E-state index contributed by atoms with van der Waals surface area (Å²) in [5.74, 6) is 0.434. The molecular formula is C27H30F3N3O4. The number of aldehydes is 1. The van der Waals surface area contributed by atoms with Crippen LogP contribution < -0.4 is 15.0 Å². The fourth-order valence-electron chi connectivity index (χ4n) is 4.86. The van der Waals surface area contributed by atoms with Crippen LogP contribution >= 0.6 is 0 Å². The van der Waals surface area contributed by atoms with Gasteiger partial charge in [0.15, 0.2) is 0 Å². The van der Waals surface area contributed by atoms with Gasteiger partial charge in [-0.2, -0.15) is 13.2 Å². The molecule has 1 unspecified atom stereocenters. The second-order valence-corrected chi connectivity index (χ2v) is 9.42. The number of hydrogen-bond acceptors (Lipinski definition) is 5. The van der Waals surface area contributed by atoms with E-state index in [-0.39, 0.29) is 37.1 Å². The third kappa shape index (κ3) is 6.06. The lowest BCUT2D eigenvalue weighted by molar-refractivity contribution is -0.137. The molecule has 0 bridgehead atoms. The van der Waals surface area contributed by atoms with Gasteiger partial charge in [0.2, 0.25) is 5.91 Å². The predicted octanol–water partition coefficient (Wildman–Crippen LogP) is 4.05. The van der Waals surface area contributed by atoms with E-state index in [1.807, 2.05) is 6.07 Å². The van der Waals surface area contributed by atoms with Crippen LogP contribution in [-0.2, 0) is 22.3 Å². The van der Waals surface area contributed by atoms with Crippen molar-refractivity contribution in [3.8, 4) is 5.75 Å². The summed E-state index contributed by atoms with van der Waals surface area (Å²) in [7, 11) is 1.53. The number of anilines is 1. The lowest BCUT2D eigenvalue weighted by atomic mass is 9.97. The van der Waals surface area contributed by atoms with Gasteiger partial charge >= 0.3 is 6.18 Å². The van der Waals surface area contributed by atoms with Gasteiger partial charge in [-0.1, -0.05) is 6.07 Å². The first-order chi connectivity index (χ1) is 17.7. The van der Waals surface area contributed by atoms with E-state index in [1.165, 1.54) is 24.1 Å². The minimum atomic E-state index is -4.35. The topological polar surface area (TPSA) is 79.0 Å². The molecule has 2 aromatic rings. The summed E-state index contributed by atoms with van der Waals surface area (Å²) in [4.78, 5) is 39.8. The predicted molar refractivity (Wildman–Crippen MR) is 131 cm³/mol. The molecule has 0 aromatic heterocycles. The van der Waals surface area contributed by atoms with Crippen molar-refractivity contribution in [2.45, 2.75) is 44.4 Å². The highest BCUT2D eigenvalue weighted by Gasteiger charge is 2.35. The maximum atomic E-state index is 13.0. The van der Waals surface area contributed by atoms with Crippen LogP contribution in [0.15, 0.2) is 42.5 Å². The van der Waals surface area contributed by atoms with Gasteiger partial charge < -0.3 is 24.6 Å². The van der Waals surface area contributed by atoms with Crippen LogP contribution in [0.25, 0.3) is 0 Å². The minimum absolute atomic E-state index is 0.147. The quantitative estimate of drug-likeness (QED) is 0.508. The number of benzene rings is 2. The molecule has 2 aliphatic heterocycles. The molecule has 2 aromatic carbocycles. The number of carbonyl (C=O) groups is 3. The second-order valence-electron chi connectivity index (χ2n) is 9.42. The molecule has 0 aliphatic carbocycles. The molecule has 1 fully saturated rings. The van der Waals surface area contributed by atoms with E-state index in [2.05, 4.69) is 10.2 Å². The fourth-order valence-corrected chi connectivity index (χ4v) is 4.86. The number of fused-ring (bicyclic) bond motifs is 1. The fraction of sp³-hybridized carbons (Fsp3) is 0.444. The van der Waals surface area contributed by atoms with Gasteiger partial charge in [0.05, 0.1) is 24.8 Å². The maximum Gasteiger partial charge on any atom is 0.416 e. The first-order valence-corrected chi connectivity index (χ1v) is 12.3. The van der Waals surface area contributed by atoms with Crippen LogP contribution in [0.5, 0.6) is 5.75 Å². The van der Waals surface area contributed by atoms with Crippen molar-refractivity contribution < 1.29 is 32.3 Å². The minimum Gasteiger partial charge on any atom is -0.493 e. The van der Waals surface area contributed by atoms with E-state index in [0.717, 1.165) is 36.2 Å². The van der Waals surface area contributed by atoms with Crippen molar-refractivity contribution in [3.05, 3.63) is 59.2 Å². The van der Waals surface area contributed by atoms with Crippen LogP contribution in [0.2, 0.25) is 0 Å². The lowest BCUT2D eigenvalue weighted by Gasteiger charge is -2.33. The largest absolute Gasteiger partial charge is 0.493 e. The number of amides is 2. The standard InChI is InChI=1S/C27H30F3N3O4/c1-31-25(35)10-9-21(16-34)33-15-23-22(26(33)36)3-2-4-24(23)37-17-18-11-13-32(14-12-18)20-7-5-19(6-8-20)27(28,29)30/h2-8,16,18,21H,9-15,17H2,1H3,(H,31,35). The third-order valence-electron chi connectivity index (χ3n) is 7.11. The Labute approximate surface area is 213 Å². The van der Waals surface area contributed by atoms with E-state index < -0.39 is 17.8 Å². The summed E-state index contributed by atoms with van der Waals surface area (Å²) in [6.07, 6.45) is -1.59. The number of alkyl halides is 3. The summed E-state index contributed by atoms with van der Waals surface area (Å²) in [5, 5.41) is 2.52. The Balaban J connectivity index is 1.32. The molecule has 7 nitrogen and oxygen atoms in total. The van der Waals surface area contributed by atoms with E-state index in [0.29, 0.717) is 37.3 Å². The molecule has 10 heteroatoms. The first-order valence-electron chi connectivity index (χ1n) is 12.3. The summed E-state index contributed by atoms with van der Waals surface area (Å²) in [6.45, 7) is 2.13. The molecule has 0 spiro atoms. The van der Waals surface area contributed by atoms with Crippen molar-refractivity contribution in [1.82, 2.24) is 10.2 Å². The number of nitrogens with zero attached hydrogens (tertiary/aromatic N) is 2. The molecule has 2 amide bonds. The number of nitrogens with one attached hydrogen (secondary N) is 1. The zero-order valence-electron chi connectivity index (χ0n) is 20.6. The van der Waals surface area contributed by atoms with E-state index in [9.17, 15) is 27.6 Å². The van der Waals surface area contributed by atoms with Crippen LogP contribution in [-0.4, -0.2) is 55.8 Å². The highest BCUT2D eigenvalue weighted by Crippen LogP contribution is 2.34. The molecule has 1 saturated heterocycles. The number of rotatable bonds is 9. The van der Waals surface area contributed by atoms with Crippen LogP contribution in [0.4, 0.5) is 18.9 Å². The van der Waals surface area contributed by atoms with Gasteiger partial charge in [0.25, 0.3) is 5.91 Å². The van der Waals surface area contributed by atoms with E-state index in [1.54, 1.807) is 12.1 Å². The van der Waals surface area contributed by atoms with Crippen LogP contribution in [0, 0.1) is 5.92 Å². The Morgan fingerprint density at radius 3 is 2.49 bits per heavy atom. The molecule has 198 valence electrons. The van der Waals surface area contributed by atoms with Gasteiger partial charge in [0, 0.05) is 43.4 Å². The van der Waals surface area contributed by atoms with Crippen molar-refractivity contribution >= 4 is 23.8 Å². The van der Waals surface area contributed by atoms with Gasteiger partial charge in [-0.05, 0) is 61.6 Å². The molecule has 1 atom stereocenters. The molecule has 0 radical (unpaired) electrons. The van der Waals surface area contributed by atoms with Crippen molar-refractivity contribution in [3.63, 3.8) is 0 Å². The Bertz CT molecular complexity index is 1130. The molecule has 37 heavy (non-hydrogen) atoms. The zero-order valence-corrected chi connectivity index (χ0v) is 20.6. The van der Waals surface area contributed by atoms with Crippen molar-refractivity contribution in [2.75, 3.05) is 31.6 Å². The van der Waals surface area contributed by atoms with Gasteiger partial charge in [-0.25, -0.2) is 0 Å². The summed E-state index contributed by atoms with van der Waals surface area (Å²) in [6, 6.07) is 9.83. The number of halogens is 3. The molecule has 0 saturated carbocycles. The third-order valence-corrected chi connectivity index (χ3v) is 7.11. The lowest BCUT2D eigenvalue weighted by Crippen LogP contribution is -2.37. The van der Waals surface area contributed by atoms with Gasteiger partial charge in [-0.3, -0.25) is 9.59 Å². The second kappa shape index (κ2) is 11.2. The number of hydrogen-bond donors (Lipinski definition) is 1. The Morgan fingerprint density at radius 1 is 1.16 bits per heavy atom. The normalized spacial score (nSPS) is 16.9. The summed E-state index contributed by atoms with van der Waals surface area (Å²) < 4.78 is 44.6. The monoisotopic (exact) mass is 517 g/mol. The smallest absolute Gasteiger partial charge is 0.416 e. The maximum absolute atomic E-state index is 13.0. The molecule has 4 rings (SSSR count). The zero-order chi connectivity index (χ0) is 26.6. The van der Waals surface area contributed by atoms with Crippen molar-refractivity contribution in [1.29, 1.82) is 0 Å². The van der Waals surface area contributed by atoms with E-state index in [4.69, 9.17) is 4.74 Å². The highest BCUT2D eigenvalue weighted by molar-refractivity contribution is 6.00. The Hall–Kier alpha value is -3.56. The Morgan fingerprint density at radius 2 is 1.86 bits per heavy atom. The SMILES string of the molecule is CNC(=O)CCC(C=O)N1Cc2c(OCC3CCN(c4ccc(C(F)(F)F)cc4)CC3)cccc2C1=O. The van der Waals surface area contributed by atoms with E-state index >= 15 is 0 Å². The highest BCUT2D eigenvalue weighted by atomic mass is 19.4. The van der Waals surface area contributed by atoms with Gasteiger partial charge in [0.1, 0.15) is 12.0 Å². The number of carbonyl (C=O) groups excluding carboxylic acids is 3. The number of ether oxygens (including phenoxy) is 1. The van der Waals surface area contributed by atoms with Crippen LogP contribution in [0.3, 0.4) is 0 Å². The molecule has 2 aliphatic rings. The molecule has 1 N–H and O–H groups in total. The average Bonchev–Trinajstić information content (AvgIpc) is 3.24. The summed E-state index contributed by atoms with van der Waals surface area (Å²) >= 11 is 0. The first kappa shape index (κ1) is 26.5. The average molecular weight is 518 g/mol. The molecule has 2 heterocycles. The summed E-state index contributed by atoms with van der Waals surface area (Å²) in [5.41, 5.74) is 1.36. The molecular weight excluding hydrogens is 487 g/mol. The van der Waals surface area contributed by atoms with Gasteiger partial charge in [-0.15, -0.1) is 0 Å².